The van der Waals surface area contributed by atoms with Crippen LogP contribution < -0.4 is 15.8 Å². The maximum atomic E-state index is 13.2. The van der Waals surface area contributed by atoms with E-state index in [0.29, 0.717) is 17.0 Å². The highest BCUT2D eigenvalue weighted by molar-refractivity contribution is 7.90. The number of carbonyl (C=O) groups excluding carboxylic acids is 1. The standard InChI is InChI=1S/C19H23FN2O4S/c1-13-10-16(26-12-14-4-3-5-15(20)11-14)6-7-18(13)22-19(23)17(21)8-9-27(2,24)25/h3-7,10-11,17H,8-9,12,21H2,1-2H3,(H,22,23). The van der Waals surface area contributed by atoms with E-state index < -0.39 is 21.8 Å². The summed E-state index contributed by atoms with van der Waals surface area (Å²) in [5.74, 6) is -0.336. The van der Waals surface area contributed by atoms with Crippen LogP contribution in [-0.2, 0) is 21.2 Å². The number of sulfone groups is 1. The van der Waals surface area contributed by atoms with E-state index in [1.54, 1.807) is 37.3 Å². The van der Waals surface area contributed by atoms with Gasteiger partial charge in [0.05, 0.1) is 11.8 Å². The van der Waals surface area contributed by atoms with Crippen molar-refractivity contribution in [1.82, 2.24) is 0 Å². The SMILES string of the molecule is Cc1cc(OCc2cccc(F)c2)ccc1NC(=O)C(N)CCS(C)(=O)=O. The molecule has 0 heterocycles. The third kappa shape index (κ3) is 6.99. The van der Waals surface area contributed by atoms with Gasteiger partial charge in [0.2, 0.25) is 5.91 Å². The summed E-state index contributed by atoms with van der Waals surface area (Å²) >= 11 is 0. The summed E-state index contributed by atoms with van der Waals surface area (Å²) in [5, 5.41) is 2.69. The van der Waals surface area contributed by atoms with Crippen LogP contribution in [-0.4, -0.2) is 32.4 Å². The van der Waals surface area contributed by atoms with Crippen LogP contribution in [0.4, 0.5) is 10.1 Å². The monoisotopic (exact) mass is 394 g/mol. The summed E-state index contributed by atoms with van der Waals surface area (Å²) in [7, 11) is -3.17. The van der Waals surface area contributed by atoms with E-state index in [-0.39, 0.29) is 24.6 Å². The highest BCUT2D eigenvalue weighted by Gasteiger charge is 2.17. The largest absolute Gasteiger partial charge is 0.489 e. The Labute approximate surface area is 158 Å². The van der Waals surface area contributed by atoms with Crippen molar-refractivity contribution in [3.05, 3.63) is 59.4 Å². The van der Waals surface area contributed by atoms with Crippen molar-refractivity contribution in [3.63, 3.8) is 0 Å². The van der Waals surface area contributed by atoms with Crippen molar-refractivity contribution >= 4 is 21.4 Å². The number of benzene rings is 2. The van der Waals surface area contributed by atoms with Gasteiger partial charge in [-0.1, -0.05) is 12.1 Å². The van der Waals surface area contributed by atoms with Gasteiger partial charge in [-0.2, -0.15) is 0 Å². The molecule has 0 saturated heterocycles. The first-order valence-electron chi connectivity index (χ1n) is 8.36. The van der Waals surface area contributed by atoms with Crippen LogP contribution in [0, 0.1) is 12.7 Å². The lowest BCUT2D eigenvalue weighted by molar-refractivity contribution is -0.117. The molecule has 0 aliphatic carbocycles. The molecule has 0 aliphatic heterocycles. The number of anilines is 1. The van der Waals surface area contributed by atoms with E-state index in [1.165, 1.54) is 12.1 Å². The van der Waals surface area contributed by atoms with Gasteiger partial charge in [0.15, 0.2) is 0 Å². The minimum atomic E-state index is -3.17. The number of nitrogens with two attached hydrogens (primary N) is 1. The Morgan fingerprint density at radius 1 is 1.26 bits per heavy atom. The second-order valence-electron chi connectivity index (χ2n) is 6.41. The number of amides is 1. The van der Waals surface area contributed by atoms with Gasteiger partial charge in [0.1, 0.15) is 28.0 Å². The second-order valence-corrected chi connectivity index (χ2v) is 8.67. The molecule has 2 aromatic rings. The summed E-state index contributed by atoms with van der Waals surface area (Å²) in [6, 6.07) is 10.3. The van der Waals surface area contributed by atoms with E-state index in [0.717, 1.165) is 11.8 Å². The van der Waals surface area contributed by atoms with E-state index in [4.69, 9.17) is 10.5 Å². The molecule has 0 spiro atoms. The van der Waals surface area contributed by atoms with Crippen LogP contribution >= 0.6 is 0 Å². The molecule has 0 radical (unpaired) electrons. The number of ether oxygens (including phenoxy) is 1. The Bertz CT molecular complexity index is 916. The topological polar surface area (TPSA) is 98.5 Å². The molecule has 2 rings (SSSR count). The molecule has 1 amide bonds. The zero-order chi connectivity index (χ0) is 20.0. The van der Waals surface area contributed by atoms with Crippen LogP contribution in [0.3, 0.4) is 0 Å². The number of hydrogen-bond acceptors (Lipinski definition) is 5. The minimum Gasteiger partial charge on any atom is -0.489 e. The molecule has 0 aromatic heterocycles. The molecule has 3 N–H and O–H groups in total. The van der Waals surface area contributed by atoms with Gasteiger partial charge in [0, 0.05) is 11.9 Å². The first-order chi connectivity index (χ1) is 12.6. The van der Waals surface area contributed by atoms with Crippen LogP contribution in [0.2, 0.25) is 0 Å². The molecule has 2 aromatic carbocycles. The van der Waals surface area contributed by atoms with Crippen molar-refractivity contribution in [2.45, 2.75) is 26.0 Å². The number of aryl methyl sites for hydroxylation is 1. The fourth-order valence-electron chi connectivity index (χ4n) is 2.36. The van der Waals surface area contributed by atoms with Crippen LogP contribution in [0.25, 0.3) is 0 Å². The Kier molecular flexibility index (Phi) is 6.92. The molecule has 0 saturated carbocycles. The van der Waals surface area contributed by atoms with Gasteiger partial charge >= 0.3 is 0 Å². The average Bonchev–Trinajstić information content (AvgIpc) is 2.59. The maximum Gasteiger partial charge on any atom is 0.241 e. The highest BCUT2D eigenvalue weighted by atomic mass is 32.2. The zero-order valence-electron chi connectivity index (χ0n) is 15.2. The van der Waals surface area contributed by atoms with E-state index in [9.17, 15) is 17.6 Å². The van der Waals surface area contributed by atoms with Crippen LogP contribution in [0.1, 0.15) is 17.5 Å². The first kappa shape index (κ1) is 20.9. The quantitative estimate of drug-likeness (QED) is 0.716. The molecule has 146 valence electrons. The molecule has 0 bridgehead atoms. The highest BCUT2D eigenvalue weighted by Crippen LogP contribution is 2.22. The van der Waals surface area contributed by atoms with E-state index in [1.807, 2.05) is 0 Å². The second kappa shape index (κ2) is 8.96. The van der Waals surface area contributed by atoms with E-state index >= 15 is 0 Å². The van der Waals surface area contributed by atoms with E-state index in [2.05, 4.69) is 5.32 Å². The summed E-state index contributed by atoms with van der Waals surface area (Å²) in [5.41, 5.74) is 7.78. The van der Waals surface area contributed by atoms with Crippen molar-refractivity contribution < 1.29 is 22.3 Å². The Balaban J connectivity index is 1.94. The van der Waals surface area contributed by atoms with Gasteiger partial charge in [-0.3, -0.25) is 4.79 Å². The fraction of sp³-hybridized carbons (Fsp3) is 0.316. The molecule has 8 heteroatoms. The van der Waals surface area contributed by atoms with Crippen molar-refractivity contribution in [1.29, 1.82) is 0 Å². The number of carbonyl (C=O) groups is 1. The van der Waals surface area contributed by atoms with Crippen molar-refractivity contribution in [2.75, 3.05) is 17.3 Å². The smallest absolute Gasteiger partial charge is 0.241 e. The maximum absolute atomic E-state index is 13.2. The summed E-state index contributed by atoms with van der Waals surface area (Å²) in [4.78, 5) is 12.1. The first-order valence-corrected chi connectivity index (χ1v) is 10.4. The molecule has 6 nitrogen and oxygen atoms in total. The molecule has 1 atom stereocenters. The average molecular weight is 394 g/mol. The zero-order valence-corrected chi connectivity index (χ0v) is 16.1. The van der Waals surface area contributed by atoms with Crippen LogP contribution in [0.15, 0.2) is 42.5 Å². The predicted molar refractivity (Wildman–Crippen MR) is 103 cm³/mol. The Morgan fingerprint density at radius 2 is 2.00 bits per heavy atom. The van der Waals surface area contributed by atoms with Gasteiger partial charge < -0.3 is 15.8 Å². The molecule has 27 heavy (non-hydrogen) atoms. The molecule has 1 unspecified atom stereocenters. The van der Waals surface area contributed by atoms with Gasteiger partial charge in [0.25, 0.3) is 0 Å². The summed E-state index contributed by atoms with van der Waals surface area (Å²) < 4.78 is 41.2. The number of nitrogens with one attached hydrogen (secondary N) is 1. The molecule has 0 aliphatic rings. The predicted octanol–water partition coefficient (Wildman–Crippen LogP) is 2.41. The lowest BCUT2D eigenvalue weighted by atomic mass is 10.1. The normalized spacial score (nSPS) is 12.4. The lowest BCUT2D eigenvalue weighted by Crippen LogP contribution is -2.37. The number of hydrogen-bond donors (Lipinski definition) is 2. The molecular formula is C19H23FN2O4S. The van der Waals surface area contributed by atoms with Crippen LogP contribution in [0.5, 0.6) is 5.75 Å². The number of halogens is 1. The van der Waals surface area contributed by atoms with Crippen molar-refractivity contribution in [3.8, 4) is 5.75 Å². The number of rotatable bonds is 8. The molecule has 0 fully saturated rings. The third-order valence-corrected chi connectivity index (χ3v) is 4.86. The van der Waals surface area contributed by atoms with Gasteiger partial charge in [-0.25, -0.2) is 12.8 Å². The lowest BCUT2D eigenvalue weighted by Gasteiger charge is -2.14. The van der Waals surface area contributed by atoms with Gasteiger partial charge in [-0.05, 0) is 54.8 Å². The Morgan fingerprint density at radius 3 is 2.63 bits per heavy atom. The third-order valence-electron chi connectivity index (χ3n) is 3.89. The minimum absolute atomic E-state index is 0.0541. The van der Waals surface area contributed by atoms with Gasteiger partial charge in [-0.15, -0.1) is 0 Å². The Hall–Kier alpha value is -2.45. The van der Waals surface area contributed by atoms with Crippen molar-refractivity contribution in [2.24, 2.45) is 5.73 Å². The fourth-order valence-corrected chi connectivity index (χ4v) is 3.04. The summed E-state index contributed by atoms with van der Waals surface area (Å²) in [6.45, 7) is 2.02. The molecular weight excluding hydrogens is 371 g/mol. The summed E-state index contributed by atoms with van der Waals surface area (Å²) in [6.07, 6.45) is 1.16.